The van der Waals surface area contributed by atoms with Crippen molar-refractivity contribution in [3.05, 3.63) is 34.9 Å². The average molecular weight is 318 g/mol. The molecule has 0 heterocycles. The Labute approximate surface area is 131 Å². The van der Waals surface area contributed by atoms with E-state index in [1.165, 1.54) is 0 Å². The quantitative estimate of drug-likeness (QED) is 0.781. The number of esters is 1. The Morgan fingerprint density at radius 1 is 1.40 bits per heavy atom. The van der Waals surface area contributed by atoms with Gasteiger partial charge in [-0.05, 0) is 51.1 Å². The maximum absolute atomic E-state index is 12.3. The van der Waals surface area contributed by atoms with Gasteiger partial charge in [0.2, 0.25) is 0 Å². The third kappa shape index (κ3) is 3.27. The highest BCUT2D eigenvalue weighted by Gasteiger charge is 2.62. The monoisotopic (exact) mass is 317 g/mol. The number of hydrogen-bond acceptors (Lipinski definition) is 3. The van der Waals surface area contributed by atoms with Crippen LogP contribution in [0.25, 0.3) is 0 Å². The highest BCUT2D eigenvalue weighted by atomic mass is 35.5. The van der Waals surface area contributed by atoms with Crippen LogP contribution in [0.1, 0.15) is 18.9 Å². The number of benzene rings is 1. The topological polar surface area (TPSA) is 29.5 Å². The van der Waals surface area contributed by atoms with Crippen molar-refractivity contribution in [1.29, 1.82) is 0 Å². The van der Waals surface area contributed by atoms with E-state index in [4.69, 9.17) is 16.3 Å². The van der Waals surface area contributed by atoms with E-state index in [1.54, 1.807) is 0 Å². The van der Waals surface area contributed by atoms with Crippen molar-refractivity contribution >= 4 is 30.0 Å². The van der Waals surface area contributed by atoms with Gasteiger partial charge in [-0.1, -0.05) is 23.7 Å². The van der Waals surface area contributed by atoms with Crippen LogP contribution in [0.3, 0.4) is 0 Å². The Bertz CT molecular complexity index is 461. The highest BCUT2D eigenvalue weighted by molar-refractivity contribution is 6.30. The van der Waals surface area contributed by atoms with Gasteiger partial charge in [-0.2, -0.15) is 0 Å². The first kappa shape index (κ1) is 17.3. The third-order valence-electron chi connectivity index (χ3n) is 3.69. The highest BCUT2D eigenvalue weighted by Crippen LogP contribution is 2.55. The summed E-state index contributed by atoms with van der Waals surface area (Å²) in [5.41, 5.74) is 0.549. The molecule has 2 rings (SSSR count). The lowest BCUT2D eigenvalue weighted by Gasteiger charge is -2.18. The molecule has 0 spiro atoms. The summed E-state index contributed by atoms with van der Waals surface area (Å²) in [6.45, 7) is 3.15. The summed E-state index contributed by atoms with van der Waals surface area (Å²) in [6, 6.07) is 7.55. The second-order valence-corrected chi connectivity index (χ2v) is 5.80. The van der Waals surface area contributed by atoms with Crippen molar-refractivity contribution in [2.24, 2.45) is 5.92 Å². The number of carbonyl (C=O) groups excluding carboxylic acids is 1. The van der Waals surface area contributed by atoms with Crippen LogP contribution in [0, 0.1) is 5.92 Å². The Balaban J connectivity index is 0.00000200. The van der Waals surface area contributed by atoms with Gasteiger partial charge in [0.25, 0.3) is 0 Å². The number of rotatable bonds is 5. The molecule has 0 aromatic heterocycles. The summed E-state index contributed by atoms with van der Waals surface area (Å²) in [6.07, 6.45) is 0.853. The molecule has 0 radical (unpaired) electrons. The standard InChI is InChI=1S/C15H20ClNO2.ClH/c1-4-19-14(18)15(9-12(15)10-17(2)3)11-5-7-13(16)8-6-11;/h5-8,12H,4,9-10H2,1-3H3;1H. The molecule has 0 saturated heterocycles. The van der Waals surface area contributed by atoms with E-state index >= 15 is 0 Å². The van der Waals surface area contributed by atoms with Crippen LogP contribution in [0.4, 0.5) is 0 Å². The second kappa shape index (κ2) is 6.79. The van der Waals surface area contributed by atoms with Crippen molar-refractivity contribution < 1.29 is 9.53 Å². The molecule has 112 valence electrons. The molecule has 20 heavy (non-hydrogen) atoms. The number of carbonyl (C=O) groups is 1. The largest absolute Gasteiger partial charge is 0.465 e. The van der Waals surface area contributed by atoms with Crippen LogP contribution >= 0.6 is 24.0 Å². The minimum Gasteiger partial charge on any atom is -0.465 e. The normalized spacial score (nSPS) is 24.1. The molecule has 1 aliphatic carbocycles. The zero-order valence-electron chi connectivity index (χ0n) is 12.1. The number of hydrogen-bond donors (Lipinski definition) is 0. The molecule has 2 atom stereocenters. The van der Waals surface area contributed by atoms with Crippen molar-refractivity contribution in [2.75, 3.05) is 27.2 Å². The maximum Gasteiger partial charge on any atom is 0.316 e. The molecule has 5 heteroatoms. The Morgan fingerprint density at radius 2 is 2.00 bits per heavy atom. The SMILES string of the molecule is CCOC(=O)C1(c2ccc(Cl)cc2)CC1CN(C)C.Cl. The molecule has 1 aromatic carbocycles. The van der Waals surface area contributed by atoms with Gasteiger partial charge in [0.15, 0.2) is 0 Å². The molecular formula is C15H21Cl2NO2. The first-order valence-electron chi connectivity index (χ1n) is 6.58. The van der Waals surface area contributed by atoms with Crippen LogP contribution in [-0.2, 0) is 14.9 Å². The first-order chi connectivity index (χ1) is 9.00. The van der Waals surface area contributed by atoms with Crippen LogP contribution in [0.5, 0.6) is 0 Å². The molecule has 0 bridgehead atoms. The van der Waals surface area contributed by atoms with Gasteiger partial charge in [-0.25, -0.2) is 0 Å². The Morgan fingerprint density at radius 3 is 2.50 bits per heavy atom. The van der Waals surface area contributed by atoms with E-state index in [2.05, 4.69) is 4.90 Å². The van der Waals surface area contributed by atoms with E-state index in [-0.39, 0.29) is 18.4 Å². The van der Waals surface area contributed by atoms with E-state index in [0.29, 0.717) is 17.5 Å². The van der Waals surface area contributed by atoms with E-state index in [1.807, 2.05) is 45.3 Å². The molecule has 1 fully saturated rings. The molecule has 0 N–H and O–H groups in total. The number of halogens is 2. The van der Waals surface area contributed by atoms with Gasteiger partial charge < -0.3 is 9.64 Å². The summed E-state index contributed by atoms with van der Waals surface area (Å²) in [7, 11) is 4.05. The summed E-state index contributed by atoms with van der Waals surface area (Å²) in [4.78, 5) is 14.4. The van der Waals surface area contributed by atoms with Gasteiger partial charge >= 0.3 is 5.97 Å². The Hall–Kier alpha value is -0.770. The van der Waals surface area contributed by atoms with E-state index in [0.717, 1.165) is 18.5 Å². The lowest BCUT2D eigenvalue weighted by Crippen LogP contribution is -2.29. The van der Waals surface area contributed by atoms with Crippen LogP contribution in [-0.4, -0.2) is 38.1 Å². The second-order valence-electron chi connectivity index (χ2n) is 5.36. The molecule has 0 amide bonds. The van der Waals surface area contributed by atoms with Crippen molar-refractivity contribution in [3.63, 3.8) is 0 Å². The minimum atomic E-state index is -0.467. The van der Waals surface area contributed by atoms with Crippen LogP contribution < -0.4 is 0 Å². The summed E-state index contributed by atoms with van der Waals surface area (Å²) >= 11 is 5.92. The zero-order valence-corrected chi connectivity index (χ0v) is 13.6. The zero-order chi connectivity index (χ0) is 14.0. The van der Waals surface area contributed by atoms with Gasteiger partial charge in [0.05, 0.1) is 12.0 Å². The fourth-order valence-corrected chi connectivity index (χ4v) is 2.85. The lowest BCUT2D eigenvalue weighted by molar-refractivity contribution is -0.146. The first-order valence-corrected chi connectivity index (χ1v) is 6.96. The fourth-order valence-electron chi connectivity index (χ4n) is 2.72. The van der Waals surface area contributed by atoms with Gasteiger partial charge in [0, 0.05) is 11.6 Å². The van der Waals surface area contributed by atoms with Crippen molar-refractivity contribution in [3.8, 4) is 0 Å². The van der Waals surface area contributed by atoms with Crippen molar-refractivity contribution in [2.45, 2.75) is 18.8 Å². The maximum atomic E-state index is 12.3. The van der Waals surface area contributed by atoms with Crippen molar-refractivity contribution in [1.82, 2.24) is 4.90 Å². The third-order valence-corrected chi connectivity index (χ3v) is 3.94. The lowest BCUT2D eigenvalue weighted by atomic mass is 9.93. The average Bonchev–Trinajstić information content (AvgIpc) is 3.04. The predicted octanol–water partition coefficient (Wildman–Crippen LogP) is 3.14. The van der Waals surface area contributed by atoms with E-state index < -0.39 is 5.41 Å². The predicted molar refractivity (Wildman–Crippen MR) is 83.7 cm³/mol. The van der Waals surface area contributed by atoms with Gasteiger partial charge in [-0.3, -0.25) is 4.79 Å². The Kier molecular flexibility index (Phi) is 5.87. The molecule has 1 saturated carbocycles. The van der Waals surface area contributed by atoms with Crippen LogP contribution in [0.15, 0.2) is 24.3 Å². The summed E-state index contributed by atoms with van der Waals surface area (Å²) < 4.78 is 5.28. The smallest absolute Gasteiger partial charge is 0.316 e. The van der Waals surface area contributed by atoms with E-state index in [9.17, 15) is 4.79 Å². The molecule has 0 aliphatic heterocycles. The molecule has 1 aromatic rings. The molecule has 2 unspecified atom stereocenters. The summed E-state index contributed by atoms with van der Waals surface area (Å²) in [5, 5.41) is 0.688. The van der Waals surface area contributed by atoms with Gasteiger partial charge in [0.1, 0.15) is 0 Å². The molecule has 3 nitrogen and oxygen atoms in total. The number of ether oxygens (including phenoxy) is 1. The number of nitrogens with zero attached hydrogens (tertiary/aromatic N) is 1. The van der Waals surface area contributed by atoms with Gasteiger partial charge in [-0.15, -0.1) is 12.4 Å². The van der Waals surface area contributed by atoms with Crippen LogP contribution in [0.2, 0.25) is 5.02 Å². The molecular weight excluding hydrogens is 297 g/mol. The fraction of sp³-hybridized carbons (Fsp3) is 0.533. The summed E-state index contributed by atoms with van der Waals surface area (Å²) in [5.74, 6) is 0.215. The minimum absolute atomic E-state index is 0. The molecule has 1 aliphatic rings.